The summed E-state index contributed by atoms with van der Waals surface area (Å²) in [6, 6.07) is 6.26. The van der Waals surface area contributed by atoms with E-state index in [9.17, 15) is 29.7 Å². The van der Waals surface area contributed by atoms with E-state index in [0.29, 0.717) is 27.3 Å². The number of rotatable bonds is 4. The Kier molecular flexibility index (Phi) is 8.34. The Morgan fingerprint density at radius 2 is 1.80 bits per heavy atom. The lowest BCUT2D eigenvalue weighted by Crippen LogP contribution is -2.56. The van der Waals surface area contributed by atoms with Crippen molar-refractivity contribution in [1.29, 1.82) is 0 Å². The maximum Gasteiger partial charge on any atom is 0.326 e. The molecule has 188 valence electrons. The molecule has 2 amide bonds. The second-order valence-corrected chi connectivity index (χ2v) is 9.06. The van der Waals surface area contributed by atoms with Crippen LogP contribution in [0.2, 0.25) is 5.02 Å². The average molecular weight is 505 g/mol. The van der Waals surface area contributed by atoms with Gasteiger partial charge in [0.05, 0.1) is 12.1 Å². The monoisotopic (exact) mass is 504 g/mol. The van der Waals surface area contributed by atoms with Crippen LogP contribution in [0.1, 0.15) is 17.5 Å². The molecule has 2 aromatic rings. The zero-order valence-corrected chi connectivity index (χ0v) is 19.9. The number of benzene rings is 2. The SMILES string of the molecule is CN1C(=O)[C@H](C[C@@H](O)CN)NC(=O)[C@@H](N)Cc2cc(ccc2O)-c2ccc(Cl)c(c2)C[C@H]1C(=O)O. The Labute approximate surface area is 207 Å². The molecule has 0 aliphatic carbocycles. The molecule has 0 spiro atoms. The third kappa shape index (κ3) is 6.09. The molecule has 35 heavy (non-hydrogen) atoms. The van der Waals surface area contributed by atoms with Gasteiger partial charge in [0.15, 0.2) is 0 Å². The Morgan fingerprint density at radius 3 is 2.43 bits per heavy atom. The molecule has 0 saturated heterocycles. The number of fused-ring (bicyclic) bond motifs is 5. The number of carbonyl (C=O) groups excluding carboxylic acids is 2. The molecule has 2 aromatic carbocycles. The zero-order valence-electron chi connectivity index (χ0n) is 19.1. The summed E-state index contributed by atoms with van der Waals surface area (Å²) >= 11 is 6.37. The lowest BCUT2D eigenvalue weighted by Gasteiger charge is -2.30. The van der Waals surface area contributed by atoms with Crippen LogP contribution in [0.3, 0.4) is 0 Å². The van der Waals surface area contributed by atoms with E-state index in [1.807, 2.05) is 0 Å². The number of phenols is 1. The van der Waals surface area contributed by atoms with Crippen LogP contribution in [0.4, 0.5) is 0 Å². The number of nitrogens with one attached hydrogen (secondary N) is 1. The first-order valence-corrected chi connectivity index (χ1v) is 11.4. The molecule has 0 radical (unpaired) electrons. The van der Waals surface area contributed by atoms with Gasteiger partial charge >= 0.3 is 5.97 Å². The smallest absolute Gasteiger partial charge is 0.326 e. The summed E-state index contributed by atoms with van der Waals surface area (Å²) < 4.78 is 0. The van der Waals surface area contributed by atoms with Gasteiger partial charge in [-0.05, 0) is 46.5 Å². The Balaban J connectivity index is 2.14. The van der Waals surface area contributed by atoms with Crippen molar-refractivity contribution in [3.05, 3.63) is 52.5 Å². The van der Waals surface area contributed by atoms with E-state index in [1.165, 1.54) is 13.1 Å². The Hall–Kier alpha value is -3.18. The van der Waals surface area contributed by atoms with Crippen LogP contribution in [0.5, 0.6) is 5.75 Å². The topological polar surface area (TPSA) is 179 Å². The van der Waals surface area contributed by atoms with E-state index in [4.69, 9.17) is 23.1 Å². The highest BCUT2D eigenvalue weighted by atomic mass is 35.5. The van der Waals surface area contributed by atoms with E-state index >= 15 is 0 Å². The van der Waals surface area contributed by atoms with Crippen LogP contribution in [-0.4, -0.2) is 75.8 Å². The molecule has 4 bridgehead atoms. The fourth-order valence-corrected chi connectivity index (χ4v) is 4.23. The summed E-state index contributed by atoms with van der Waals surface area (Å²) in [7, 11) is 1.31. The van der Waals surface area contributed by atoms with Crippen molar-refractivity contribution in [2.75, 3.05) is 13.6 Å². The predicted molar refractivity (Wildman–Crippen MR) is 130 cm³/mol. The fourth-order valence-electron chi connectivity index (χ4n) is 4.04. The molecule has 4 atom stereocenters. The van der Waals surface area contributed by atoms with Gasteiger partial charge in [0, 0.05) is 37.9 Å². The summed E-state index contributed by atoms with van der Waals surface area (Å²) in [6.45, 7) is -0.166. The lowest BCUT2D eigenvalue weighted by molar-refractivity contribution is -0.150. The number of aliphatic hydroxyl groups excluding tert-OH is 1. The number of halogens is 1. The molecule has 8 N–H and O–H groups in total. The third-order valence-electron chi connectivity index (χ3n) is 6.14. The van der Waals surface area contributed by atoms with Crippen molar-refractivity contribution in [3.8, 4) is 16.9 Å². The summed E-state index contributed by atoms with van der Waals surface area (Å²) in [5.74, 6) is -2.74. The molecular weight excluding hydrogens is 476 g/mol. The van der Waals surface area contributed by atoms with Crippen molar-refractivity contribution in [2.24, 2.45) is 11.5 Å². The highest BCUT2D eigenvalue weighted by molar-refractivity contribution is 6.31. The first-order chi connectivity index (χ1) is 16.5. The molecule has 0 saturated carbocycles. The summed E-state index contributed by atoms with van der Waals surface area (Å²) in [6.07, 6.45) is -1.48. The highest BCUT2D eigenvalue weighted by Gasteiger charge is 2.34. The molecule has 1 heterocycles. The first-order valence-electron chi connectivity index (χ1n) is 11.1. The molecular formula is C24H29ClN4O6. The van der Waals surface area contributed by atoms with Gasteiger partial charge in [-0.15, -0.1) is 0 Å². The number of likely N-dealkylation sites (N-methyl/N-ethyl adjacent to an activating group) is 1. The number of carbonyl (C=O) groups is 3. The van der Waals surface area contributed by atoms with Gasteiger partial charge in [-0.2, -0.15) is 0 Å². The number of hydrogen-bond acceptors (Lipinski definition) is 7. The number of phenolic OH excluding ortho intramolecular Hbond substituents is 1. The van der Waals surface area contributed by atoms with Crippen LogP contribution >= 0.6 is 11.6 Å². The zero-order chi connectivity index (χ0) is 25.9. The minimum absolute atomic E-state index is 0.0279. The summed E-state index contributed by atoms with van der Waals surface area (Å²) in [5.41, 5.74) is 13.9. The Morgan fingerprint density at radius 1 is 1.17 bits per heavy atom. The van der Waals surface area contributed by atoms with E-state index in [0.717, 1.165) is 4.90 Å². The van der Waals surface area contributed by atoms with Crippen LogP contribution < -0.4 is 16.8 Å². The number of nitrogens with two attached hydrogens (primary N) is 2. The van der Waals surface area contributed by atoms with Crippen LogP contribution in [0.15, 0.2) is 36.4 Å². The van der Waals surface area contributed by atoms with Crippen molar-refractivity contribution in [2.45, 2.75) is 43.5 Å². The van der Waals surface area contributed by atoms with Gasteiger partial charge in [0.2, 0.25) is 11.8 Å². The van der Waals surface area contributed by atoms with Crippen LogP contribution in [-0.2, 0) is 27.2 Å². The van der Waals surface area contributed by atoms with Crippen LogP contribution in [0, 0.1) is 0 Å². The predicted octanol–water partition coefficient (Wildman–Crippen LogP) is 0.245. The summed E-state index contributed by atoms with van der Waals surface area (Å²) in [4.78, 5) is 39.3. The first kappa shape index (κ1) is 26.4. The standard InChI is InChI=1S/C24H29ClN4O6/c1-29-20(24(34)35)9-14-6-12(2-4-17(14)25)13-3-5-21(31)15(7-13)8-18(27)22(32)28-19(23(29)33)10-16(30)11-26/h2-7,16,18-20,30-31H,8-11,26-27H2,1H3,(H,28,32)(H,34,35)/t16-,18+,19+,20+/m1/s1. The molecule has 0 fully saturated rings. The van der Waals surface area contributed by atoms with Crippen LogP contribution in [0.25, 0.3) is 11.1 Å². The van der Waals surface area contributed by atoms with E-state index in [2.05, 4.69) is 5.32 Å². The number of aromatic hydroxyl groups is 1. The quantitative estimate of drug-likeness (QED) is 0.342. The maximum absolute atomic E-state index is 13.3. The normalized spacial score (nSPS) is 22.1. The Bertz CT molecular complexity index is 1130. The average Bonchev–Trinajstić information content (AvgIpc) is 2.82. The van der Waals surface area contributed by atoms with Crippen molar-refractivity contribution < 1.29 is 29.7 Å². The lowest BCUT2D eigenvalue weighted by atomic mass is 9.96. The van der Waals surface area contributed by atoms with Crippen molar-refractivity contribution in [1.82, 2.24) is 10.2 Å². The van der Waals surface area contributed by atoms with E-state index in [-0.39, 0.29) is 31.6 Å². The van der Waals surface area contributed by atoms with Crippen molar-refractivity contribution >= 4 is 29.4 Å². The molecule has 0 unspecified atom stereocenters. The molecule has 10 nitrogen and oxygen atoms in total. The van der Waals surface area contributed by atoms with E-state index < -0.39 is 42.0 Å². The molecule has 1 aliphatic rings. The second kappa shape index (κ2) is 11.0. The molecule has 1 aliphatic heterocycles. The summed E-state index contributed by atoms with van der Waals surface area (Å²) in [5, 5.41) is 33.2. The van der Waals surface area contributed by atoms with E-state index in [1.54, 1.807) is 30.3 Å². The molecule has 0 aromatic heterocycles. The van der Waals surface area contributed by atoms with Gasteiger partial charge in [0.1, 0.15) is 17.8 Å². The number of carboxylic acid groups (broad SMARTS) is 1. The highest BCUT2D eigenvalue weighted by Crippen LogP contribution is 2.30. The number of aliphatic carboxylic acids is 1. The van der Waals surface area contributed by atoms with Gasteiger partial charge in [-0.3, -0.25) is 9.59 Å². The van der Waals surface area contributed by atoms with Gasteiger partial charge in [-0.25, -0.2) is 4.79 Å². The maximum atomic E-state index is 13.3. The largest absolute Gasteiger partial charge is 0.508 e. The molecule has 3 rings (SSSR count). The minimum atomic E-state index is -1.31. The fraction of sp³-hybridized carbons (Fsp3) is 0.375. The third-order valence-corrected chi connectivity index (χ3v) is 6.51. The molecule has 11 heteroatoms. The number of hydrogen-bond donors (Lipinski definition) is 6. The number of nitrogens with zero attached hydrogens (tertiary/aromatic N) is 1. The number of carboxylic acids is 1. The minimum Gasteiger partial charge on any atom is -0.508 e. The second-order valence-electron chi connectivity index (χ2n) is 8.65. The number of aliphatic hydroxyl groups is 1. The number of amides is 2. The van der Waals surface area contributed by atoms with Crippen molar-refractivity contribution in [3.63, 3.8) is 0 Å². The van der Waals surface area contributed by atoms with Gasteiger partial charge < -0.3 is 37.0 Å². The van der Waals surface area contributed by atoms with Gasteiger partial charge in [-0.1, -0.05) is 23.7 Å². The van der Waals surface area contributed by atoms with Gasteiger partial charge in [0.25, 0.3) is 0 Å².